The third-order valence-corrected chi connectivity index (χ3v) is 3.98. The van der Waals surface area contributed by atoms with Crippen LogP contribution in [0.5, 0.6) is 0 Å². The number of carbonyl (C=O) groups excluding carboxylic acids is 1. The number of hydrogen-bond acceptors (Lipinski definition) is 2. The third kappa shape index (κ3) is 3.44. The molecule has 1 heterocycles. The molecule has 3 unspecified atom stereocenters. The molecular formula is C14H14F6N2O. The summed E-state index contributed by atoms with van der Waals surface area (Å²) in [6.07, 6.45) is -4.96. The highest BCUT2D eigenvalue weighted by Gasteiger charge is 2.45. The summed E-state index contributed by atoms with van der Waals surface area (Å²) in [6, 6.07) is -1.26. The van der Waals surface area contributed by atoms with Crippen LogP contribution >= 0.6 is 0 Å². The smallest absolute Gasteiger partial charge is 0.329 e. The molecule has 1 aliphatic rings. The van der Waals surface area contributed by atoms with Gasteiger partial charge in [0.05, 0.1) is 6.04 Å². The Hall–Kier alpha value is -1.77. The average molecular weight is 340 g/mol. The van der Waals surface area contributed by atoms with Gasteiger partial charge >= 0.3 is 6.18 Å². The molecule has 1 aliphatic heterocycles. The highest BCUT2D eigenvalue weighted by atomic mass is 19.4. The Kier molecular flexibility index (Phi) is 4.61. The minimum Gasteiger partial charge on any atom is -0.329 e. The number of rotatable bonds is 2. The summed E-state index contributed by atoms with van der Waals surface area (Å²) in [5.41, 5.74) is 4.83. The lowest BCUT2D eigenvalue weighted by molar-refractivity contribution is -0.170. The Morgan fingerprint density at radius 1 is 1.22 bits per heavy atom. The van der Waals surface area contributed by atoms with Crippen molar-refractivity contribution in [3.05, 3.63) is 35.1 Å². The molecule has 0 bridgehead atoms. The summed E-state index contributed by atoms with van der Waals surface area (Å²) in [5, 5.41) is 0. The van der Waals surface area contributed by atoms with Crippen LogP contribution in [0, 0.1) is 17.5 Å². The quantitative estimate of drug-likeness (QED) is 0.665. The summed E-state index contributed by atoms with van der Waals surface area (Å²) in [4.78, 5) is 12.3. The number of nitrogens with two attached hydrogens (primary N) is 1. The number of halogens is 6. The van der Waals surface area contributed by atoms with Crippen molar-refractivity contribution in [2.45, 2.75) is 37.5 Å². The number of amides is 1. The molecule has 0 radical (unpaired) electrons. The van der Waals surface area contributed by atoms with E-state index in [2.05, 4.69) is 0 Å². The summed E-state index contributed by atoms with van der Waals surface area (Å²) < 4.78 is 79.1. The van der Waals surface area contributed by atoms with Crippen LogP contribution in [-0.4, -0.2) is 35.6 Å². The first-order valence-corrected chi connectivity index (χ1v) is 6.79. The van der Waals surface area contributed by atoms with Crippen molar-refractivity contribution in [3.8, 4) is 0 Å². The zero-order valence-corrected chi connectivity index (χ0v) is 12.0. The number of likely N-dealkylation sites (tertiary alicyclic amines) is 1. The molecule has 2 rings (SSSR count). The Morgan fingerprint density at radius 2 is 1.78 bits per heavy atom. The van der Waals surface area contributed by atoms with E-state index in [1.165, 1.54) is 6.92 Å². The van der Waals surface area contributed by atoms with Crippen LogP contribution in [0.15, 0.2) is 12.1 Å². The van der Waals surface area contributed by atoms with Crippen molar-refractivity contribution >= 4 is 5.91 Å². The molecule has 0 aromatic heterocycles. The SMILES string of the molecule is CC1C(c2c(F)ccc(F)c2F)CC(N)C(=O)N1CC(F)(F)F. The van der Waals surface area contributed by atoms with Gasteiger partial charge in [-0.3, -0.25) is 4.79 Å². The first-order valence-electron chi connectivity index (χ1n) is 6.79. The van der Waals surface area contributed by atoms with Crippen molar-refractivity contribution in [1.82, 2.24) is 4.90 Å². The molecule has 0 aliphatic carbocycles. The number of carbonyl (C=O) groups is 1. The van der Waals surface area contributed by atoms with E-state index in [1.54, 1.807) is 0 Å². The van der Waals surface area contributed by atoms with Gasteiger partial charge in [-0.25, -0.2) is 13.2 Å². The van der Waals surface area contributed by atoms with Gasteiger partial charge in [-0.2, -0.15) is 13.2 Å². The lowest BCUT2D eigenvalue weighted by atomic mass is 9.81. The number of benzene rings is 1. The molecule has 23 heavy (non-hydrogen) atoms. The Morgan fingerprint density at radius 3 is 2.35 bits per heavy atom. The topological polar surface area (TPSA) is 46.3 Å². The van der Waals surface area contributed by atoms with E-state index >= 15 is 0 Å². The molecule has 1 fully saturated rings. The molecule has 3 nitrogen and oxygen atoms in total. The van der Waals surface area contributed by atoms with Crippen LogP contribution in [0.2, 0.25) is 0 Å². The minimum absolute atomic E-state index is 0.272. The number of alkyl halides is 3. The monoisotopic (exact) mass is 340 g/mol. The van der Waals surface area contributed by atoms with Gasteiger partial charge in [-0.1, -0.05) is 0 Å². The minimum atomic E-state index is -4.69. The second-order valence-corrected chi connectivity index (χ2v) is 5.53. The van der Waals surface area contributed by atoms with E-state index < -0.39 is 59.6 Å². The molecule has 0 spiro atoms. The Balaban J connectivity index is 2.44. The van der Waals surface area contributed by atoms with Crippen LogP contribution < -0.4 is 5.73 Å². The molecule has 128 valence electrons. The van der Waals surface area contributed by atoms with Crippen LogP contribution in [-0.2, 0) is 4.79 Å². The van der Waals surface area contributed by atoms with Gasteiger partial charge in [0.1, 0.15) is 12.4 Å². The summed E-state index contributed by atoms with van der Waals surface area (Å²) in [6.45, 7) is -0.361. The first-order chi connectivity index (χ1) is 10.5. The summed E-state index contributed by atoms with van der Waals surface area (Å²) >= 11 is 0. The Bertz CT molecular complexity index is 618. The summed E-state index contributed by atoms with van der Waals surface area (Å²) in [7, 11) is 0. The van der Waals surface area contributed by atoms with E-state index in [0.29, 0.717) is 17.0 Å². The third-order valence-electron chi connectivity index (χ3n) is 3.98. The second-order valence-electron chi connectivity index (χ2n) is 5.53. The fourth-order valence-electron chi connectivity index (χ4n) is 2.86. The van der Waals surface area contributed by atoms with E-state index in [-0.39, 0.29) is 6.42 Å². The first kappa shape index (κ1) is 17.6. The number of piperidine rings is 1. The zero-order chi connectivity index (χ0) is 17.5. The average Bonchev–Trinajstić information content (AvgIpc) is 2.44. The molecule has 1 aromatic rings. The van der Waals surface area contributed by atoms with Gasteiger partial charge in [-0.05, 0) is 25.5 Å². The summed E-state index contributed by atoms with van der Waals surface area (Å²) in [5.74, 6) is -6.02. The van der Waals surface area contributed by atoms with Crippen molar-refractivity contribution in [2.75, 3.05) is 6.54 Å². The number of hydrogen-bond donors (Lipinski definition) is 1. The largest absolute Gasteiger partial charge is 0.406 e. The van der Waals surface area contributed by atoms with Crippen LogP contribution in [0.4, 0.5) is 26.3 Å². The lowest BCUT2D eigenvalue weighted by Gasteiger charge is -2.42. The molecule has 1 aromatic carbocycles. The Labute approximate surface area is 128 Å². The van der Waals surface area contributed by atoms with Gasteiger partial charge in [0.25, 0.3) is 0 Å². The standard InChI is InChI=1S/C14H14F6N2O/c1-6-7(11-8(15)2-3-9(16)12(11)17)4-10(21)13(23)22(6)5-14(18,19)20/h2-3,6-7,10H,4-5,21H2,1H3. The predicted molar refractivity (Wildman–Crippen MR) is 68.9 cm³/mol. The van der Waals surface area contributed by atoms with Gasteiger partial charge in [0.2, 0.25) is 5.91 Å². The van der Waals surface area contributed by atoms with E-state index in [1.807, 2.05) is 0 Å². The maximum Gasteiger partial charge on any atom is 0.406 e. The van der Waals surface area contributed by atoms with E-state index in [4.69, 9.17) is 5.73 Å². The van der Waals surface area contributed by atoms with E-state index in [9.17, 15) is 31.1 Å². The maximum absolute atomic E-state index is 13.9. The van der Waals surface area contributed by atoms with Crippen LogP contribution in [0.25, 0.3) is 0 Å². The molecule has 0 saturated carbocycles. The molecule has 1 saturated heterocycles. The molecule has 3 atom stereocenters. The van der Waals surface area contributed by atoms with Crippen LogP contribution in [0.1, 0.15) is 24.8 Å². The second kappa shape index (κ2) is 6.03. The van der Waals surface area contributed by atoms with Crippen molar-refractivity contribution < 1.29 is 31.1 Å². The van der Waals surface area contributed by atoms with Crippen molar-refractivity contribution in [1.29, 1.82) is 0 Å². The molecule has 9 heteroatoms. The highest BCUT2D eigenvalue weighted by molar-refractivity contribution is 5.83. The normalized spacial score (nSPS) is 25.8. The predicted octanol–water partition coefficient (Wildman–Crippen LogP) is 2.70. The lowest BCUT2D eigenvalue weighted by Crippen LogP contribution is -2.57. The van der Waals surface area contributed by atoms with Gasteiger partial charge in [0, 0.05) is 17.5 Å². The number of nitrogens with zero attached hydrogens (tertiary/aromatic N) is 1. The molecule has 2 N–H and O–H groups in total. The maximum atomic E-state index is 13.9. The van der Waals surface area contributed by atoms with E-state index in [0.717, 1.165) is 0 Å². The highest BCUT2D eigenvalue weighted by Crippen LogP contribution is 2.37. The van der Waals surface area contributed by atoms with Gasteiger partial charge < -0.3 is 10.6 Å². The fraction of sp³-hybridized carbons (Fsp3) is 0.500. The van der Waals surface area contributed by atoms with Gasteiger partial charge in [-0.15, -0.1) is 0 Å². The molecule has 1 amide bonds. The van der Waals surface area contributed by atoms with Crippen molar-refractivity contribution in [2.24, 2.45) is 5.73 Å². The fourth-order valence-corrected chi connectivity index (χ4v) is 2.86. The van der Waals surface area contributed by atoms with Gasteiger partial charge in [0.15, 0.2) is 11.6 Å². The molecular weight excluding hydrogens is 326 g/mol. The zero-order valence-electron chi connectivity index (χ0n) is 12.0. The van der Waals surface area contributed by atoms with Crippen LogP contribution in [0.3, 0.4) is 0 Å². The van der Waals surface area contributed by atoms with Crippen molar-refractivity contribution in [3.63, 3.8) is 0 Å².